The van der Waals surface area contributed by atoms with Gasteiger partial charge in [0.1, 0.15) is 11.6 Å². The maximum Gasteiger partial charge on any atom is 0.146 e. The Morgan fingerprint density at radius 2 is 1.93 bits per heavy atom. The number of nitrogens with two attached hydrogens (primary N) is 1. The molecular weight excluding hydrogens is 176 g/mol. The zero-order valence-electron chi connectivity index (χ0n) is 9.54. The van der Waals surface area contributed by atoms with Crippen molar-refractivity contribution in [1.82, 2.24) is 14.8 Å². The summed E-state index contributed by atoms with van der Waals surface area (Å²) in [6.45, 7) is 9.98. The fourth-order valence-corrected chi connectivity index (χ4v) is 1.50. The highest BCUT2D eigenvalue weighted by Gasteiger charge is 2.22. The Kier molecular flexibility index (Phi) is 3.26. The minimum atomic E-state index is 0.0373. The highest BCUT2D eigenvalue weighted by Crippen LogP contribution is 2.21. The zero-order valence-corrected chi connectivity index (χ0v) is 9.54. The summed E-state index contributed by atoms with van der Waals surface area (Å²) in [5, 5.41) is 8.32. The third kappa shape index (κ3) is 2.12. The number of rotatable bonds is 3. The van der Waals surface area contributed by atoms with Gasteiger partial charge in [-0.3, -0.25) is 0 Å². The van der Waals surface area contributed by atoms with Gasteiger partial charge >= 0.3 is 0 Å². The lowest BCUT2D eigenvalue weighted by molar-refractivity contribution is 0.487. The molecule has 0 spiro atoms. The van der Waals surface area contributed by atoms with Crippen LogP contribution in [0.25, 0.3) is 0 Å². The van der Waals surface area contributed by atoms with E-state index in [9.17, 15) is 0 Å². The van der Waals surface area contributed by atoms with Gasteiger partial charge in [0, 0.05) is 12.0 Å². The van der Waals surface area contributed by atoms with Gasteiger partial charge < -0.3 is 10.3 Å². The van der Waals surface area contributed by atoms with Crippen molar-refractivity contribution in [3.05, 3.63) is 11.6 Å². The van der Waals surface area contributed by atoms with E-state index in [4.69, 9.17) is 5.73 Å². The van der Waals surface area contributed by atoms with Crippen molar-refractivity contribution in [2.45, 2.75) is 52.6 Å². The summed E-state index contributed by atoms with van der Waals surface area (Å²) in [6.07, 6.45) is 1.08. The molecule has 1 heterocycles. The Hall–Kier alpha value is -0.900. The van der Waals surface area contributed by atoms with Crippen molar-refractivity contribution >= 4 is 0 Å². The van der Waals surface area contributed by atoms with Crippen LogP contribution in [0, 0.1) is 0 Å². The van der Waals surface area contributed by atoms with E-state index in [1.54, 1.807) is 0 Å². The van der Waals surface area contributed by atoms with Crippen LogP contribution in [0.2, 0.25) is 0 Å². The predicted octanol–water partition coefficient (Wildman–Crippen LogP) is 1.44. The second kappa shape index (κ2) is 4.09. The van der Waals surface area contributed by atoms with Gasteiger partial charge in [0.05, 0.1) is 6.54 Å². The summed E-state index contributed by atoms with van der Waals surface area (Å²) in [6, 6.07) is 0. The van der Waals surface area contributed by atoms with Gasteiger partial charge in [-0.05, 0) is 6.42 Å². The van der Waals surface area contributed by atoms with Gasteiger partial charge in [-0.1, -0.05) is 27.7 Å². The molecule has 0 aliphatic carbocycles. The van der Waals surface area contributed by atoms with Gasteiger partial charge in [0.2, 0.25) is 0 Å². The molecule has 0 radical (unpaired) electrons. The molecule has 1 rings (SSSR count). The van der Waals surface area contributed by atoms with Gasteiger partial charge in [0.15, 0.2) is 0 Å². The summed E-state index contributed by atoms with van der Waals surface area (Å²) < 4.78 is 2.14. The number of hydrogen-bond acceptors (Lipinski definition) is 3. The topological polar surface area (TPSA) is 56.7 Å². The molecule has 4 heteroatoms. The minimum Gasteiger partial charge on any atom is -0.324 e. The van der Waals surface area contributed by atoms with Crippen molar-refractivity contribution in [3.63, 3.8) is 0 Å². The molecule has 80 valence electrons. The summed E-state index contributed by atoms with van der Waals surface area (Å²) in [7, 11) is 0. The van der Waals surface area contributed by atoms with Gasteiger partial charge in [-0.15, -0.1) is 10.2 Å². The van der Waals surface area contributed by atoms with Crippen LogP contribution in [0.5, 0.6) is 0 Å². The zero-order chi connectivity index (χ0) is 10.8. The van der Waals surface area contributed by atoms with Crippen LogP contribution < -0.4 is 5.73 Å². The molecule has 0 amide bonds. The first kappa shape index (κ1) is 11.2. The molecule has 0 aromatic carbocycles. The minimum absolute atomic E-state index is 0.0373. The van der Waals surface area contributed by atoms with Crippen molar-refractivity contribution in [2.75, 3.05) is 0 Å². The molecule has 1 aromatic rings. The normalized spacial score (nSPS) is 12.1. The summed E-state index contributed by atoms with van der Waals surface area (Å²) in [5.74, 6) is 1.91. The number of nitrogens with zero attached hydrogens (tertiary/aromatic N) is 3. The largest absolute Gasteiger partial charge is 0.324 e. The van der Waals surface area contributed by atoms with Crippen molar-refractivity contribution in [1.29, 1.82) is 0 Å². The Labute approximate surface area is 85.5 Å². The van der Waals surface area contributed by atoms with E-state index >= 15 is 0 Å². The fourth-order valence-electron chi connectivity index (χ4n) is 1.50. The maximum absolute atomic E-state index is 5.61. The molecule has 0 saturated carbocycles. The molecule has 0 bridgehead atoms. The van der Waals surface area contributed by atoms with Crippen molar-refractivity contribution in [3.8, 4) is 0 Å². The summed E-state index contributed by atoms with van der Waals surface area (Å²) >= 11 is 0. The molecule has 2 N–H and O–H groups in total. The average molecular weight is 196 g/mol. The van der Waals surface area contributed by atoms with E-state index < -0.39 is 0 Å². The molecule has 0 fully saturated rings. The Balaban J connectivity index is 3.10. The second-order valence-electron chi connectivity index (χ2n) is 4.55. The Bertz CT molecular complexity index is 296. The highest BCUT2D eigenvalue weighted by atomic mass is 15.3. The molecule has 14 heavy (non-hydrogen) atoms. The third-order valence-corrected chi connectivity index (χ3v) is 2.13. The predicted molar refractivity (Wildman–Crippen MR) is 56.9 cm³/mol. The van der Waals surface area contributed by atoms with Crippen LogP contribution in [0.4, 0.5) is 0 Å². The van der Waals surface area contributed by atoms with E-state index in [1.807, 2.05) is 0 Å². The van der Waals surface area contributed by atoms with Crippen molar-refractivity contribution < 1.29 is 0 Å². The van der Waals surface area contributed by atoms with Crippen LogP contribution in [0.1, 0.15) is 45.8 Å². The fraction of sp³-hybridized carbons (Fsp3) is 0.800. The van der Waals surface area contributed by atoms with Crippen LogP contribution in [0.3, 0.4) is 0 Å². The molecule has 0 aliphatic heterocycles. The second-order valence-corrected chi connectivity index (χ2v) is 4.55. The SMILES string of the molecule is CCCn1c(CN)nnc1C(C)(C)C. The number of hydrogen-bond donors (Lipinski definition) is 1. The van der Waals surface area contributed by atoms with E-state index in [-0.39, 0.29) is 5.41 Å². The third-order valence-electron chi connectivity index (χ3n) is 2.13. The number of aromatic nitrogens is 3. The molecule has 4 nitrogen and oxygen atoms in total. The maximum atomic E-state index is 5.61. The first-order chi connectivity index (χ1) is 6.50. The molecule has 0 saturated heterocycles. The smallest absolute Gasteiger partial charge is 0.146 e. The lowest BCUT2D eigenvalue weighted by Gasteiger charge is -2.19. The van der Waals surface area contributed by atoms with Crippen molar-refractivity contribution in [2.24, 2.45) is 5.73 Å². The van der Waals surface area contributed by atoms with Gasteiger partial charge in [-0.2, -0.15) is 0 Å². The first-order valence-corrected chi connectivity index (χ1v) is 5.13. The van der Waals surface area contributed by atoms with Crippen LogP contribution in [-0.2, 0) is 18.5 Å². The molecular formula is C10H20N4. The van der Waals surface area contributed by atoms with E-state index in [0.717, 1.165) is 24.6 Å². The summed E-state index contributed by atoms with van der Waals surface area (Å²) in [5.41, 5.74) is 5.65. The van der Waals surface area contributed by atoms with Crippen LogP contribution in [0.15, 0.2) is 0 Å². The molecule has 1 aromatic heterocycles. The highest BCUT2D eigenvalue weighted by molar-refractivity contribution is 5.05. The van der Waals surface area contributed by atoms with E-state index in [0.29, 0.717) is 6.54 Å². The van der Waals surface area contributed by atoms with E-state index in [1.165, 1.54) is 0 Å². The first-order valence-electron chi connectivity index (χ1n) is 5.13. The standard InChI is InChI=1S/C10H20N4/c1-5-6-14-8(7-11)12-13-9(14)10(2,3)4/h5-7,11H2,1-4H3. The van der Waals surface area contributed by atoms with Crippen LogP contribution >= 0.6 is 0 Å². The monoisotopic (exact) mass is 196 g/mol. The lowest BCUT2D eigenvalue weighted by atomic mass is 9.95. The average Bonchev–Trinajstić information content (AvgIpc) is 2.47. The van der Waals surface area contributed by atoms with Crippen LogP contribution in [-0.4, -0.2) is 14.8 Å². The van der Waals surface area contributed by atoms with Gasteiger partial charge in [-0.25, -0.2) is 0 Å². The summed E-state index contributed by atoms with van der Waals surface area (Å²) in [4.78, 5) is 0. The quantitative estimate of drug-likeness (QED) is 0.796. The molecule has 0 atom stereocenters. The Morgan fingerprint density at radius 1 is 1.29 bits per heavy atom. The molecule has 0 unspecified atom stereocenters. The van der Waals surface area contributed by atoms with E-state index in [2.05, 4.69) is 42.5 Å². The van der Waals surface area contributed by atoms with Gasteiger partial charge in [0.25, 0.3) is 0 Å². The molecule has 0 aliphatic rings. The Morgan fingerprint density at radius 3 is 2.36 bits per heavy atom. The lowest BCUT2D eigenvalue weighted by Crippen LogP contribution is -2.20.